The maximum absolute atomic E-state index is 11.6. The largest absolute Gasteiger partial charge is 0.481 e. The number of nitrogens with zero attached hydrogens (tertiary/aromatic N) is 1. The Bertz CT molecular complexity index is 324. The molecule has 3 fully saturated rings. The molecule has 1 aliphatic heterocycles. The molecule has 1 saturated heterocycles. The third-order valence-electron chi connectivity index (χ3n) is 5.61. The van der Waals surface area contributed by atoms with Gasteiger partial charge in [0, 0.05) is 19.6 Å². The highest BCUT2D eigenvalue weighted by molar-refractivity contribution is 5.76. The predicted octanol–water partition coefficient (Wildman–Crippen LogP) is 2.75. The first kappa shape index (κ1) is 12.5. The quantitative estimate of drug-likeness (QED) is 0.838. The summed E-state index contributed by atoms with van der Waals surface area (Å²) in [6.07, 6.45) is 10.1. The minimum atomic E-state index is -0.531. The number of carbonyl (C=O) groups is 1. The van der Waals surface area contributed by atoms with Gasteiger partial charge < -0.3 is 10.0 Å². The van der Waals surface area contributed by atoms with Crippen molar-refractivity contribution in [2.75, 3.05) is 19.6 Å². The Morgan fingerprint density at radius 1 is 1.17 bits per heavy atom. The summed E-state index contributed by atoms with van der Waals surface area (Å²) in [7, 11) is 0. The number of carboxylic acid groups (broad SMARTS) is 1. The van der Waals surface area contributed by atoms with Crippen LogP contribution in [0.5, 0.6) is 0 Å². The van der Waals surface area contributed by atoms with Crippen LogP contribution in [-0.2, 0) is 4.79 Å². The third kappa shape index (κ3) is 2.07. The summed E-state index contributed by atoms with van der Waals surface area (Å²) in [6.45, 7) is 3.03. The Morgan fingerprint density at radius 3 is 2.61 bits per heavy atom. The fraction of sp³-hybridized carbons (Fsp3) is 0.933. The molecular weight excluding hydrogens is 226 g/mol. The summed E-state index contributed by atoms with van der Waals surface area (Å²) in [5, 5.41) is 9.57. The van der Waals surface area contributed by atoms with E-state index in [1.807, 2.05) is 0 Å². The van der Waals surface area contributed by atoms with Gasteiger partial charge >= 0.3 is 5.97 Å². The van der Waals surface area contributed by atoms with E-state index in [9.17, 15) is 9.90 Å². The zero-order valence-electron chi connectivity index (χ0n) is 11.2. The molecule has 2 saturated carbocycles. The van der Waals surface area contributed by atoms with Gasteiger partial charge in [-0.25, -0.2) is 0 Å². The van der Waals surface area contributed by atoms with Gasteiger partial charge in [-0.1, -0.05) is 25.7 Å². The highest BCUT2D eigenvalue weighted by Crippen LogP contribution is 2.49. The van der Waals surface area contributed by atoms with Crippen molar-refractivity contribution in [1.29, 1.82) is 0 Å². The smallest absolute Gasteiger partial charge is 0.311 e. The topological polar surface area (TPSA) is 40.5 Å². The van der Waals surface area contributed by atoms with E-state index in [2.05, 4.69) is 4.90 Å². The first-order valence-electron chi connectivity index (χ1n) is 7.66. The molecular formula is C15H25NO2. The molecule has 2 aliphatic carbocycles. The molecule has 3 aliphatic rings. The van der Waals surface area contributed by atoms with E-state index in [-0.39, 0.29) is 5.41 Å². The van der Waals surface area contributed by atoms with E-state index in [1.165, 1.54) is 32.1 Å². The van der Waals surface area contributed by atoms with Crippen LogP contribution in [0.3, 0.4) is 0 Å². The van der Waals surface area contributed by atoms with E-state index in [0.717, 1.165) is 44.8 Å². The molecule has 0 unspecified atom stereocenters. The second kappa shape index (κ2) is 4.84. The predicted molar refractivity (Wildman–Crippen MR) is 70.4 cm³/mol. The number of aliphatic carboxylic acids is 1. The van der Waals surface area contributed by atoms with Crippen molar-refractivity contribution in [2.45, 2.75) is 51.4 Å². The fourth-order valence-corrected chi connectivity index (χ4v) is 4.62. The summed E-state index contributed by atoms with van der Waals surface area (Å²) in [5.74, 6) is 0.734. The molecule has 0 radical (unpaired) electrons. The van der Waals surface area contributed by atoms with Crippen LogP contribution in [0.4, 0.5) is 0 Å². The molecule has 3 rings (SSSR count). The average Bonchev–Trinajstić information content (AvgIpc) is 2.87. The molecule has 18 heavy (non-hydrogen) atoms. The van der Waals surface area contributed by atoms with Crippen LogP contribution in [0.15, 0.2) is 0 Å². The van der Waals surface area contributed by atoms with E-state index >= 15 is 0 Å². The van der Waals surface area contributed by atoms with Crippen molar-refractivity contribution in [3.63, 3.8) is 0 Å². The van der Waals surface area contributed by atoms with Crippen LogP contribution in [0.2, 0.25) is 0 Å². The Balaban J connectivity index is 1.62. The molecule has 3 heteroatoms. The molecule has 0 amide bonds. The van der Waals surface area contributed by atoms with Gasteiger partial charge in [-0.2, -0.15) is 0 Å². The minimum Gasteiger partial charge on any atom is -0.481 e. The van der Waals surface area contributed by atoms with Crippen LogP contribution in [0.25, 0.3) is 0 Å². The zero-order valence-corrected chi connectivity index (χ0v) is 11.2. The van der Waals surface area contributed by atoms with Gasteiger partial charge in [0.2, 0.25) is 0 Å². The van der Waals surface area contributed by atoms with Crippen LogP contribution in [0.1, 0.15) is 51.4 Å². The molecule has 102 valence electrons. The lowest BCUT2D eigenvalue weighted by Gasteiger charge is -2.28. The van der Waals surface area contributed by atoms with Gasteiger partial charge in [-0.15, -0.1) is 0 Å². The second-order valence-electron chi connectivity index (χ2n) is 6.75. The number of carboxylic acids is 1. The van der Waals surface area contributed by atoms with E-state index in [1.54, 1.807) is 0 Å². The van der Waals surface area contributed by atoms with Gasteiger partial charge in [0.05, 0.1) is 5.41 Å². The molecule has 0 aromatic rings. The van der Waals surface area contributed by atoms with E-state index in [0.29, 0.717) is 5.92 Å². The van der Waals surface area contributed by atoms with Crippen molar-refractivity contribution >= 4 is 5.97 Å². The van der Waals surface area contributed by atoms with Crippen LogP contribution < -0.4 is 0 Å². The molecule has 0 spiro atoms. The summed E-state index contributed by atoms with van der Waals surface area (Å²) < 4.78 is 0. The van der Waals surface area contributed by atoms with Crippen LogP contribution >= 0.6 is 0 Å². The van der Waals surface area contributed by atoms with Crippen molar-refractivity contribution in [3.05, 3.63) is 0 Å². The molecule has 1 N–H and O–H groups in total. The minimum absolute atomic E-state index is 0.380. The number of rotatable bonds is 3. The number of hydrogen-bond donors (Lipinski definition) is 1. The van der Waals surface area contributed by atoms with Crippen molar-refractivity contribution in [2.24, 2.45) is 17.3 Å². The van der Waals surface area contributed by atoms with Gasteiger partial charge in [0.15, 0.2) is 0 Å². The van der Waals surface area contributed by atoms with Crippen molar-refractivity contribution < 1.29 is 9.90 Å². The van der Waals surface area contributed by atoms with Crippen molar-refractivity contribution in [1.82, 2.24) is 4.90 Å². The average molecular weight is 251 g/mol. The van der Waals surface area contributed by atoms with E-state index in [4.69, 9.17) is 0 Å². The van der Waals surface area contributed by atoms with E-state index < -0.39 is 5.97 Å². The lowest BCUT2D eigenvalue weighted by atomic mass is 9.81. The lowest BCUT2D eigenvalue weighted by Crippen LogP contribution is -2.36. The van der Waals surface area contributed by atoms with Crippen LogP contribution in [0, 0.1) is 17.3 Å². The first-order valence-corrected chi connectivity index (χ1v) is 7.66. The molecule has 0 bridgehead atoms. The number of likely N-dealkylation sites (tertiary alicyclic amines) is 1. The number of hydrogen-bond acceptors (Lipinski definition) is 2. The summed E-state index contributed by atoms with van der Waals surface area (Å²) >= 11 is 0. The van der Waals surface area contributed by atoms with Gasteiger partial charge in [0.1, 0.15) is 0 Å². The Labute approximate surface area is 110 Å². The molecule has 0 aromatic heterocycles. The van der Waals surface area contributed by atoms with Crippen molar-refractivity contribution in [3.8, 4) is 0 Å². The standard InChI is InChI=1S/C15H25NO2/c17-14(18)15-8-4-7-13(15)10-16(11-15)9-12-5-2-1-3-6-12/h12-13H,1-11H2,(H,17,18)/t13-,15+/m0/s1. The van der Waals surface area contributed by atoms with Gasteiger partial charge in [-0.05, 0) is 37.5 Å². The Morgan fingerprint density at radius 2 is 1.94 bits per heavy atom. The number of fused-ring (bicyclic) bond motifs is 1. The van der Waals surface area contributed by atoms with Crippen LogP contribution in [-0.4, -0.2) is 35.6 Å². The molecule has 0 aromatic carbocycles. The summed E-state index contributed by atoms with van der Waals surface area (Å²) in [4.78, 5) is 14.1. The SMILES string of the molecule is O=C(O)[C@@]12CCC[C@H]1CN(CC1CCCCC1)C2. The highest BCUT2D eigenvalue weighted by Gasteiger charge is 2.54. The maximum atomic E-state index is 11.6. The highest BCUT2D eigenvalue weighted by atomic mass is 16.4. The Hall–Kier alpha value is -0.570. The summed E-state index contributed by atoms with van der Waals surface area (Å²) in [6, 6.07) is 0. The first-order chi connectivity index (χ1) is 8.71. The molecule has 3 nitrogen and oxygen atoms in total. The normalized spacial score (nSPS) is 37.9. The zero-order chi connectivity index (χ0) is 12.6. The third-order valence-corrected chi connectivity index (χ3v) is 5.61. The van der Waals surface area contributed by atoms with Gasteiger partial charge in [-0.3, -0.25) is 4.79 Å². The molecule has 2 atom stereocenters. The maximum Gasteiger partial charge on any atom is 0.311 e. The lowest BCUT2D eigenvalue weighted by molar-refractivity contribution is -0.149. The monoisotopic (exact) mass is 251 g/mol. The second-order valence-corrected chi connectivity index (χ2v) is 6.75. The molecule has 1 heterocycles. The Kier molecular flexibility index (Phi) is 3.35. The van der Waals surface area contributed by atoms with Gasteiger partial charge in [0.25, 0.3) is 0 Å². The fourth-order valence-electron chi connectivity index (χ4n) is 4.62. The summed E-state index contributed by atoms with van der Waals surface area (Å²) in [5.41, 5.74) is -0.380.